The van der Waals surface area contributed by atoms with Gasteiger partial charge in [0.1, 0.15) is 5.75 Å². The quantitative estimate of drug-likeness (QED) is 0.679. The summed E-state index contributed by atoms with van der Waals surface area (Å²) in [4.78, 5) is 0. The largest absolute Gasteiger partial charge is 0.508 e. The maximum absolute atomic E-state index is 9.09. The lowest BCUT2D eigenvalue weighted by molar-refractivity contribution is 0.474. The molecule has 0 fully saturated rings. The Morgan fingerprint density at radius 2 is 2.27 bits per heavy atom. The van der Waals surface area contributed by atoms with E-state index in [0.29, 0.717) is 5.75 Å². The minimum Gasteiger partial charge on any atom is -0.508 e. The normalized spacial score (nSPS) is 9.91. The lowest BCUT2D eigenvalue weighted by atomic mass is 10.1. The van der Waals surface area contributed by atoms with E-state index in [1.807, 2.05) is 19.2 Å². The Morgan fingerprint density at radius 3 is 2.91 bits per heavy atom. The van der Waals surface area contributed by atoms with Gasteiger partial charge in [0.2, 0.25) is 0 Å². The van der Waals surface area contributed by atoms with Gasteiger partial charge in [0, 0.05) is 0 Å². The average Bonchev–Trinajstić information content (AvgIpc) is 2.01. The number of phenolic OH excluding ortho intramolecular Hbond substituents is 1. The van der Waals surface area contributed by atoms with E-state index in [1.54, 1.807) is 12.1 Å². The van der Waals surface area contributed by atoms with Gasteiger partial charge < -0.3 is 10.4 Å². The standard InChI is InChI=1S/C9H13NO/c1-10-6-5-8-3-2-4-9(11)7-8/h2-4,7,10-11H,5-6H2,1H3. The molecule has 0 spiro atoms. The number of benzene rings is 1. The second-order valence-electron chi connectivity index (χ2n) is 2.52. The number of phenols is 1. The second kappa shape index (κ2) is 3.98. The Morgan fingerprint density at radius 1 is 1.45 bits per heavy atom. The molecule has 0 saturated carbocycles. The van der Waals surface area contributed by atoms with Crippen molar-refractivity contribution in [2.24, 2.45) is 0 Å². The molecule has 0 saturated heterocycles. The number of hydrogen-bond donors (Lipinski definition) is 2. The first-order chi connectivity index (χ1) is 5.33. The van der Waals surface area contributed by atoms with Gasteiger partial charge in [-0.3, -0.25) is 0 Å². The fourth-order valence-corrected chi connectivity index (χ4v) is 0.981. The van der Waals surface area contributed by atoms with Gasteiger partial charge in [-0.05, 0) is 37.7 Å². The van der Waals surface area contributed by atoms with Crippen molar-refractivity contribution in [3.63, 3.8) is 0 Å². The summed E-state index contributed by atoms with van der Waals surface area (Å²) in [5.41, 5.74) is 1.17. The van der Waals surface area contributed by atoms with E-state index >= 15 is 0 Å². The van der Waals surface area contributed by atoms with E-state index < -0.39 is 0 Å². The average molecular weight is 151 g/mol. The third-order valence-corrected chi connectivity index (χ3v) is 1.57. The van der Waals surface area contributed by atoms with Crippen LogP contribution in [0, 0.1) is 0 Å². The molecule has 0 aliphatic heterocycles. The molecule has 1 aromatic carbocycles. The topological polar surface area (TPSA) is 32.3 Å². The summed E-state index contributed by atoms with van der Waals surface area (Å²) in [6, 6.07) is 7.34. The summed E-state index contributed by atoms with van der Waals surface area (Å²) in [5.74, 6) is 0.346. The first-order valence-corrected chi connectivity index (χ1v) is 3.75. The molecule has 0 aromatic heterocycles. The van der Waals surface area contributed by atoms with E-state index in [-0.39, 0.29) is 0 Å². The summed E-state index contributed by atoms with van der Waals surface area (Å²) < 4.78 is 0. The maximum atomic E-state index is 9.09. The smallest absolute Gasteiger partial charge is 0.115 e. The van der Waals surface area contributed by atoms with Gasteiger partial charge in [0.15, 0.2) is 0 Å². The van der Waals surface area contributed by atoms with Gasteiger partial charge in [0.25, 0.3) is 0 Å². The SMILES string of the molecule is CNCCc1cccc(O)c1. The van der Waals surface area contributed by atoms with Crippen molar-refractivity contribution in [3.05, 3.63) is 29.8 Å². The highest BCUT2D eigenvalue weighted by Crippen LogP contribution is 2.10. The molecule has 0 radical (unpaired) electrons. The van der Waals surface area contributed by atoms with Gasteiger partial charge in [-0.1, -0.05) is 12.1 Å². The molecule has 0 heterocycles. The second-order valence-corrected chi connectivity index (χ2v) is 2.52. The van der Waals surface area contributed by atoms with E-state index in [9.17, 15) is 0 Å². The zero-order chi connectivity index (χ0) is 8.10. The van der Waals surface area contributed by atoms with Gasteiger partial charge >= 0.3 is 0 Å². The third-order valence-electron chi connectivity index (χ3n) is 1.57. The Hall–Kier alpha value is -1.02. The molecule has 1 aromatic rings. The molecular weight excluding hydrogens is 138 g/mol. The fourth-order valence-electron chi connectivity index (χ4n) is 0.981. The third kappa shape index (κ3) is 2.60. The molecule has 11 heavy (non-hydrogen) atoms. The molecule has 2 N–H and O–H groups in total. The zero-order valence-corrected chi connectivity index (χ0v) is 6.67. The van der Waals surface area contributed by atoms with Crippen LogP contribution in [0.4, 0.5) is 0 Å². The first-order valence-electron chi connectivity index (χ1n) is 3.75. The van der Waals surface area contributed by atoms with Crippen molar-refractivity contribution in [1.29, 1.82) is 0 Å². The molecule has 0 bridgehead atoms. The number of likely N-dealkylation sites (N-methyl/N-ethyl adjacent to an activating group) is 1. The molecule has 1 rings (SSSR count). The van der Waals surface area contributed by atoms with Crippen LogP contribution in [0.1, 0.15) is 5.56 Å². The van der Waals surface area contributed by atoms with Gasteiger partial charge in [0.05, 0.1) is 0 Å². The highest BCUT2D eigenvalue weighted by atomic mass is 16.3. The van der Waals surface area contributed by atoms with Crippen LogP contribution in [0.25, 0.3) is 0 Å². The Labute approximate surface area is 66.9 Å². The monoisotopic (exact) mass is 151 g/mol. The summed E-state index contributed by atoms with van der Waals surface area (Å²) in [7, 11) is 1.92. The summed E-state index contributed by atoms with van der Waals surface area (Å²) in [5, 5.41) is 12.1. The summed E-state index contributed by atoms with van der Waals surface area (Å²) in [6.45, 7) is 0.948. The maximum Gasteiger partial charge on any atom is 0.115 e. The molecule has 2 nitrogen and oxygen atoms in total. The van der Waals surface area contributed by atoms with Crippen molar-refractivity contribution in [2.45, 2.75) is 6.42 Å². The minimum atomic E-state index is 0.346. The molecule has 2 heteroatoms. The Balaban J connectivity index is 2.56. The van der Waals surface area contributed by atoms with Crippen LogP contribution in [-0.2, 0) is 6.42 Å². The summed E-state index contributed by atoms with van der Waals surface area (Å²) in [6.07, 6.45) is 0.963. The van der Waals surface area contributed by atoms with E-state index in [4.69, 9.17) is 5.11 Å². The van der Waals surface area contributed by atoms with Crippen LogP contribution in [0.3, 0.4) is 0 Å². The van der Waals surface area contributed by atoms with Crippen molar-refractivity contribution in [1.82, 2.24) is 5.32 Å². The minimum absolute atomic E-state index is 0.346. The zero-order valence-electron chi connectivity index (χ0n) is 6.67. The van der Waals surface area contributed by atoms with Crippen LogP contribution < -0.4 is 5.32 Å². The van der Waals surface area contributed by atoms with Crippen LogP contribution in [0.2, 0.25) is 0 Å². The number of nitrogens with one attached hydrogen (secondary N) is 1. The van der Waals surface area contributed by atoms with Crippen molar-refractivity contribution >= 4 is 0 Å². The molecule has 0 amide bonds. The Bertz CT molecular complexity index is 223. The summed E-state index contributed by atoms with van der Waals surface area (Å²) >= 11 is 0. The van der Waals surface area contributed by atoms with Gasteiger partial charge in [-0.15, -0.1) is 0 Å². The van der Waals surface area contributed by atoms with E-state index in [2.05, 4.69) is 5.32 Å². The van der Waals surface area contributed by atoms with Crippen LogP contribution in [0.5, 0.6) is 5.75 Å². The van der Waals surface area contributed by atoms with Crippen molar-refractivity contribution < 1.29 is 5.11 Å². The number of hydrogen-bond acceptors (Lipinski definition) is 2. The fraction of sp³-hybridized carbons (Fsp3) is 0.333. The predicted octanol–water partition coefficient (Wildman–Crippen LogP) is 1.15. The molecular formula is C9H13NO. The van der Waals surface area contributed by atoms with Crippen molar-refractivity contribution in [3.8, 4) is 5.75 Å². The van der Waals surface area contributed by atoms with Crippen molar-refractivity contribution in [2.75, 3.05) is 13.6 Å². The number of rotatable bonds is 3. The Kier molecular flexibility index (Phi) is 2.93. The lowest BCUT2D eigenvalue weighted by Gasteiger charge is -2.00. The van der Waals surface area contributed by atoms with E-state index in [1.165, 1.54) is 5.56 Å². The first kappa shape index (κ1) is 8.08. The molecule has 60 valence electrons. The van der Waals surface area contributed by atoms with Crippen LogP contribution in [0.15, 0.2) is 24.3 Å². The highest BCUT2D eigenvalue weighted by molar-refractivity contribution is 5.27. The predicted molar refractivity (Wildman–Crippen MR) is 45.7 cm³/mol. The van der Waals surface area contributed by atoms with Crippen LogP contribution in [-0.4, -0.2) is 18.7 Å². The highest BCUT2D eigenvalue weighted by Gasteiger charge is 1.92. The molecule has 0 unspecified atom stereocenters. The lowest BCUT2D eigenvalue weighted by Crippen LogP contribution is -2.09. The molecule has 0 aliphatic rings. The van der Waals surface area contributed by atoms with Gasteiger partial charge in [-0.2, -0.15) is 0 Å². The molecule has 0 aliphatic carbocycles. The van der Waals surface area contributed by atoms with Crippen LogP contribution >= 0.6 is 0 Å². The molecule has 0 atom stereocenters. The number of aromatic hydroxyl groups is 1. The van der Waals surface area contributed by atoms with E-state index in [0.717, 1.165) is 13.0 Å². The van der Waals surface area contributed by atoms with Gasteiger partial charge in [-0.25, -0.2) is 0 Å².